The standard InChI is InChI=1S/C15H20BrF2N/c1-10(11-5-3-2-4-6-11)19-9-12-14(17)8-7-13(16)15(12)18/h7-8,10-11,19H,2-6,9H2,1H3. The van der Waals surface area contributed by atoms with Crippen molar-refractivity contribution in [1.29, 1.82) is 0 Å². The van der Waals surface area contributed by atoms with E-state index in [1.807, 2.05) is 0 Å². The molecule has 1 atom stereocenters. The molecule has 0 bridgehead atoms. The van der Waals surface area contributed by atoms with Crippen molar-refractivity contribution < 1.29 is 8.78 Å². The third-order valence-electron chi connectivity index (χ3n) is 4.10. The molecule has 106 valence electrons. The van der Waals surface area contributed by atoms with Crippen molar-refractivity contribution in [3.63, 3.8) is 0 Å². The van der Waals surface area contributed by atoms with Crippen molar-refractivity contribution in [3.05, 3.63) is 33.8 Å². The summed E-state index contributed by atoms with van der Waals surface area (Å²) >= 11 is 3.09. The van der Waals surface area contributed by atoms with Crippen molar-refractivity contribution in [2.75, 3.05) is 0 Å². The van der Waals surface area contributed by atoms with Gasteiger partial charge >= 0.3 is 0 Å². The van der Waals surface area contributed by atoms with E-state index in [9.17, 15) is 8.78 Å². The van der Waals surface area contributed by atoms with Crippen LogP contribution in [0.1, 0.15) is 44.6 Å². The summed E-state index contributed by atoms with van der Waals surface area (Å²) < 4.78 is 27.8. The van der Waals surface area contributed by atoms with E-state index >= 15 is 0 Å². The van der Waals surface area contributed by atoms with E-state index in [-0.39, 0.29) is 12.1 Å². The molecule has 0 spiro atoms. The van der Waals surface area contributed by atoms with Crippen LogP contribution < -0.4 is 5.32 Å². The van der Waals surface area contributed by atoms with E-state index in [0.29, 0.717) is 16.4 Å². The monoisotopic (exact) mass is 331 g/mol. The van der Waals surface area contributed by atoms with Gasteiger partial charge in [0.05, 0.1) is 4.47 Å². The summed E-state index contributed by atoms with van der Waals surface area (Å²) in [5.74, 6) is -0.348. The minimum atomic E-state index is -0.497. The lowest BCUT2D eigenvalue weighted by Gasteiger charge is -2.28. The van der Waals surface area contributed by atoms with Crippen LogP contribution in [-0.2, 0) is 6.54 Å². The van der Waals surface area contributed by atoms with E-state index in [4.69, 9.17) is 0 Å². The quantitative estimate of drug-likeness (QED) is 0.782. The molecule has 0 saturated heterocycles. The Bertz CT molecular complexity index is 430. The van der Waals surface area contributed by atoms with Gasteiger partial charge in [-0.3, -0.25) is 0 Å². The molecule has 1 aromatic carbocycles. The molecular formula is C15H20BrF2N. The lowest BCUT2D eigenvalue weighted by atomic mass is 9.84. The number of hydrogen-bond donors (Lipinski definition) is 1. The van der Waals surface area contributed by atoms with Crippen LogP contribution in [0.2, 0.25) is 0 Å². The molecule has 1 aliphatic rings. The molecule has 2 rings (SSSR count). The summed E-state index contributed by atoms with van der Waals surface area (Å²) in [4.78, 5) is 0. The Morgan fingerprint density at radius 3 is 2.63 bits per heavy atom. The number of halogens is 3. The number of benzene rings is 1. The highest BCUT2D eigenvalue weighted by atomic mass is 79.9. The maximum Gasteiger partial charge on any atom is 0.144 e. The smallest absolute Gasteiger partial charge is 0.144 e. The summed E-state index contributed by atoms with van der Waals surface area (Å²) in [6.07, 6.45) is 6.31. The van der Waals surface area contributed by atoms with E-state index < -0.39 is 11.6 Å². The van der Waals surface area contributed by atoms with E-state index in [2.05, 4.69) is 28.2 Å². The van der Waals surface area contributed by atoms with Gasteiger partial charge in [-0.15, -0.1) is 0 Å². The summed E-state index contributed by atoms with van der Waals surface area (Å²) in [5.41, 5.74) is 0.122. The summed E-state index contributed by atoms with van der Waals surface area (Å²) in [5, 5.41) is 3.28. The third-order valence-corrected chi connectivity index (χ3v) is 4.71. The Morgan fingerprint density at radius 1 is 1.26 bits per heavy atom. The Labute approximate surface area is 121 Å². The highest BCUT2D eigenvalue weighted by molar-refractivity contribution is 9.10. The first kappa shape index (κ1) is 14.9. The van der Waals surface area contributed by atoms with E-state index in [1.54, 1.807) is 0 Å². The number of nitrogens with one attached hydrogen (secondary N) is 1. The molecule has 19 heavy (non-hydrogen) atoms. The number of rotatable bonds is 4. The molecule has 0 aliphatic heterocycles. The molecule has 1 N–H and O–H groups in total. The van der Waals surface area contributed by atoms with Gasteiger partial charge in [0.2, 0.25) is 0 Å². The molecule has 1 saturated carbocycles. The first-order valence-corrected chi connectivity index (χ1v) is 7.74. The van der Waals surface area contributed by atoms with Crippen molar-refractivity contribution in [1.82, 2.24) is 5.32 Å². The van der Waals surface area contributed by atoms with Crippen LogP contribution in [-0.4, -0.2) is 6.04 Å². The summed E-state index contributed by atoms with van der Waals surface area (Å²) in [6.45, 7) is 2.36. The van der Waals surface area contributed by atoms with Crippen LogP contribution in [0.3, 0.4) is 0 Å². The average molecular weight is 332 g/mol. The molecule has 0 aromatic heterocycles. The van der Waals surface area contributed by atoms with Crippen molar-refractivity contribution in [2.45, 2.75) is 51.6 Å². The maximum atomic E-state index is 13.8. The second kappa shape index (κ2) is 6.80. The fourth-order valence-corrected chi connectivity index (χ4v) is 3.17. The zero-order chi connectivity index (χ0) is 13.8. The topological polar surface area (TPSA) is 12.0 Å². The van der Waals surface area contributed by atoms with Gasteiger partial charge < -0.3 is 5.32 Å². The third kappa shape index (κ3) is 3.76. The molecule has 1 unspecified atom stereocenters. The van der Waals surface area contributed by atoms with Crippen LogP contribution in [0.25, 0.3) is 0 Å². The van der Waals surface area contributed by atoms with Crippen molar-refractivity contribution in [2.24, 2.45) is 5.92 Å². The Hall–Kier alpha value is -0.480. The van der Waals surface area contributed by atoms with Crippen LogP contribution in [0.4, 0.5) is 8.78 Å². The molecule has 0 radical (unpaired) electrons. The van der Waals surface area contributed by atoms with Gasteiger partial charge in [0, 0.05) is 18.2 Å². The van der Waals surface area contributed by atoms with E-state index in [0.717, 1.165) is 0 Å². The predicted molar refractivity (Wildman–Crippen MR) is 76.9 cm³/mol. The lowest BCUT2D eigenvalue weighted by molar-refractivity contribution is 0.279. The molecule has 1 nitrogen and oxygen atoms in total. The highest BCUT2D eigenvalue weighted by Gasteiger charge is 2.20. The second-order valence-corrected chi connectivity index (χ2v) is 6.24. The maximum absolute atomic E-state index is 13.8. The van der Waals surface area contributed by atoms with Gasteiger partial charge in [-0.2, -0.15) is 0 Å². The Kier molecular flexibility index (Phi) is 5.34. The Balaban J connectivity index is 1.96. The highest BCUT2D eigenvalue weighted by Crippen LogP contribution is 2.27. The largest absolute Gasteiger partial charge is 0.310 e. The van der Waals surface area contributed by atoms with Crippen LogP contribution in [0.5, 0.6) is 0 Å². The molecule has 1 aromatic rings. The summed E-state index contributed by atoms with van der Waals surface area (Å²) in [6, 6.07) is 3.01. The minimum absolute atomic E-state index is 0.122. The molecule has 0 amide bonds. The zero-order valence-corrected chi connectivity index (χ0v) is 12.8. The fourth-order valence-electron chi connectivity index (χ4n) is 2.79. The average Bonchev–Trinajstić information content (AvgIpc) is 2.44. The van der Waals surface area contributed by atoms with Gasteiger partial charge in [0.25, 0.3) is 0 Å². The Morgan fingerprint density at radius 2 is 1.95 bits per heavy atom. The van der Waals surface area contributed by atoms with Crippen LogP contribution in [0, 0.1) is 17.6 Å². The van der Waals surface area contributed by atoms with Crippen LogP contribution in [0.15, 0.2) is 16.6 Å². The first-order valence-electron chi connectivity index (χ1n) is 6.95. The molecule has 0 heterocycles. The predicted octanol–water partition coefficient (Wildman–Crippen LogP) is 4.79. The van der Waals surface area contributed by atoms with Gasteiger partial charge in [-0.25, -0.2) is 8.78 Å². The fraction of sp³-hybridized carbons (Fsp3) is 0.600. The molecule has 1 fully saturated rings. The molecular weight excluding hydrogens is 312 g/mol. The van der Waals surface area contributed by atoms with Gasteiger partial charge in [0.15, 0.2) is 0 Å². The lowest BCUT2D eigenvalue weighted by Crippen LogP contribution is -2.34. The van der Waals surface area contributed by atoms with Gasteiger partial charge in [0.1, 0.15) is 11.6 Å². The normalized spacial score (nSPS) is 18.5. The van der Waals surface area contributed by atoms with Crippen molar-refractivity contribution >= 4 is 15.9 Å². The molecule has 4 heteroatoms. The molecule has 1 aliphatic carbocycles. The first-order chi connectivity index (χ1) is 9.09. The van der Waals surface area contributed by atoms with Crippen molar-refractivity contribution in [3.8, 4) is 0 Å². The zero-order valence-electron chi connectivity index (χ0n) is 11.2. The summed E-state index contributed by atoms with van der Waals surface area (Å²) in [7, 11) is 0. The van der Waals surface area contributed by atoms with Gasteiger partial charge in [-0.1, -0.05) is 19.3 Å². The number of hydrogen-bond acceptors (Lipinski definition) is 1. The van der Waals surface area contributed by atoms with E-state index in [1.165, 1.54) is 44.2 Å². The second-order valence-electron chi connectivity index (χ2n) is 5.39. The van der Waals surface area contributed by atoms with Gasteiger partial charge in [-0.05, 0) is 53.7 Å². The minimum Gasteiger partial charge on any atom is -0.310 e. The SMILES string of the molecule is CC(NCc1c(F)ccc(Br)c1F)C1CCCCC1. The van der Waals surface area contributed by atoms with Crippen LogP contribution >= 0.6 is 15.9 Å².